The van der Waals surface area contributed by atoms with E-state index in [4.69, 9.17) is 4.74 Å². The number of carbonyl (C=O) groups is 1. The second-order valence-electron chi connectivity index (χ2n) is 9.24. The summed E-state index contributed by atoms with van der Waals surface area (Å²) in [6.07, 6.45) is -4.52. The van der Waals surface area contributed by atoms with Crippen molar-refractivity contribution in [2.45, 2.75) is 71.6 Å². The molecule has 0 fully saturated rings. The molecule has 2 rings (SSSR count). The third kappa shape index (κ3) is 5.53. The Morgan fingerprint density at radius 2 is 1.82 bits per heavy atom. The van der Waals surface area contributed by atoms with Crippen LogP contribution in [0.1, 0.15) is 38.8 Å². The number of rotatable bonds is 4. The fourth-order valence-electron chi connectivity index (χ4n) is 3.14. The number of hydrogen-bond acceptors (Lipinski definition) is 2. The van der Waals surface area contributed by atoms with E-state index in [0.717, 1.165) is 16.9 Å². The molecule has 8 heteroatoms. The van der Waals surface area contributed by atoms with Crippen molar-refractivity contribution in [3.63, 3.8) is 0 Å². The number of aromatic nitrogens is 1. The van der Waals surface area contributed by atoms with Crippen LogP contribution in [0.2, 0.25) is 19.6 Å². The monoisotopic (exact) mass is 414 g/mol. The normalized spacial score (nSPS) is 14.2. The molecule has 0 saturated heterocycles. The first-order chi connectivity index (χ1) is 12.6. The van der Waals surface area contributed by atoms with E-state index >= 15 is 0 Å². The van der Waals surface area contributed by atoms with Gasteiger partial charge in [0, 0.05) is 22.3 Å². The maximum absolute atomic E-state index is 13.2. The van der Waals surface area contributed by atoms with Gasteiger partial charge in [-0.2, -0.15) is 13.2 Å². The minimum absolute atomic E-state index is 0.293. The van der Waals surface area contributed by atoms with Gasteiger partial charge in [-0.05, 0) is 57.9 Å². The first-order valence-electron chi connectivity index (χ1n) is 9.30. The number of alkyl halides is 3. The van der Waals surface area contributed by atoms with Crippen molar-refractivity contribution in [1.82, 2.24) is 10.3 Å². The van der Waals surface area contributed by atoms with E-state index in [0.29, 0.717) is 17.3 Å². The number of H-pyrrole nitrogens is 1. The average Bonchev–Trinajstić information content (AvgIpc) is 2.82. The number of aromatic amines is 1. The zero-order chi connectivity index (χ0) is 21.5. The van der Waals surface area contributed by atoms with Gasteiger partial charge in [-0.1, -0.05) is 19.6 Å². The van der Waals surface area contributed by atoms with Crippen molar-refractivity contribution < 1.29 is 22.7 Å². The minimum Gasteiger partial charge on any atom is -0.444 e. The number of carbonyl (C=O) groups excluding carboxylic acids is 1. The van der Waals surface area contributed by atoms with E-state index in [2.05, 4.69) is 29.9 Å². The first kappa shape index (κ1) is 22.3. The van der Waals surface area contributed by atoms with Gasteiger partial charge in [0.2, 0.25) is 0 Å². The number of fused-ring (bicyclic) bond motifs is 1. The molecule has 0 saturated carbocycles. The molecule has 4 nitrogen and oxygen atoms in total. The molecule has 0 unspecified atom stereocenters. The Morgan fingerprint density at radius 1 is 1.21 bits per heavy atom. The van der Waals surface area contributed by atoms with Crippen molar-refractivity contribution >= 4 is 30.4 Å². The summed E-state index contributed by atoms with van der Waals surface area (Å²) >= 11 is 0. The van der Waals surface area contributed by atoms with Crippen LogP contribution in [-0.4, -0.2) is 30.8 Å². The Balaban J connectivity index is 2.41. The summed E-state index contributed by atoms with van der Waals surface area (Å²) in [7, 11) is -1.85. The van der Waals surface area contributed by atoms with Gasteiger partial charge in [-0.3, -0.25) is 0 Å². The van der Waals surface area contributed by atoms with Gasteiger partial charge in [-0.15, -0.1) is 0 Å². The Morgan fingerprint density at radius 3 is 2.32 bits per heavy atom. The van der Waals surface area contributed by atoms with E-state index in [1.807, 2.05) is 6.92 Å². The third-order valence-electron chi connectivity index (χ3n) is 4.26. The lowest BCUT2D eigenvalue weighted by molar-refractivity contribution is -0.137. The van der Waals surface area contributed by atoms with Crippen LogP contribution in [0.15, 0.2) is 18.2 Å². The van der Waals surface area contributed by atoms with Gasteiger partial charge in [0.1, 0.15) is 5.60 Å². The highest BCUT2D eigenvalue weighted by Crippen LogP contribution is 2.32. The largest absolute Gasteiger partial charge is 0.444 e. The van der Waals surface area contributed by atoms with Crippen molar-refractivity contribution in [2.75, 3.05) is 0 Å². The molecule has 0 aliphatic carbocycles. The summed E-state index contributed by atoms with van der Waals surface area (Å²) < 4.78 is 44.9. The standard InChI is InChI=1S/C20H29F3N2O2Si/c1-12(24-18(26)27-19(2,3)4)10-15-14-11-13(20(21,22)23)8-9-16(14)25-17(15)28(5,6)7/h8-9,11-12,25H,10H2,1-7H3,(H,24,26)/t12-/m1/s1. The SMILES string of the molecule is C[C@H](Cc1c([Si](C)(C)C)[nH]c2ccc(C(F)(F)F)cc12)NC(=O)OC(C)(C)C. The molecule has 156 valence electrons. The zero-order valence-electron chi connectivity index (χ0n) is 17.5. The number of alkyl carbamates (subject to hydrolysis) is 1. The maximum Gasteiger partial charge on any atom is 0.416 e. The molecular formula is C20H29F3N2O2Si. The molecule has 28 heavy (non-hydrogen) atoms. The average molecular weight is 415 g/mol. The van der Waals surface area contributed by atoms with Crippen LogP contribution in [0.5, 0.6) is 0 Å². The van der Waals surface area contributed by atoms with E-state index < -0.39 is 31.5 Å². The summed E-state index contributed by atoms with van der Waals surface area (Å²) in [4.78, 5) is 15.4. The van der Waals surface area contributed by atoms with Gasteiger partial charge in [0.05, 0.1) is 13.6 Å². The van der Waals surface area contributed by atoms with Crippen molar-refractivity contribution in [3.8, 4) is 0 Å². The highest BCUT2D eigenvalue weighted by atomic mass is 28.3. The summed E-state index contributed by atoms with van der Waals surface area (Å²) in [5.74, 6) is 0. The topological polar surface area (TPSA) is 54.1 Å². The van der Waals surface area contributed by atoms with Crippen LogP contribution < -0.4 is 10.6 Å². The molecule has 1 aromatic heterocycles. The number of ether oxygens (including phenoxy) is 1. The third-order valence-corrected chi connectivity index (χ3v) is 6.18. The van der Waals surface area contributed by atoms with Gasteiger partial charge in [-0.25, -0.2) is 4.79 Å². The van der Waals surface area contributed by atoms with E-state index in [1.165, 1.54) is 12.1 Å². The lowest BCUT2D eigenvalue weighted by atomic mass is 10.0. The van der Waals surface area contributed by atoms with Gasteiger partial charge < -0.3 is 15.0 Å². The Labute approximate surface area is 164 Å². The Hall–Kier alpha value is -1.96. The molecule has 0 aliphatic rings. The van der Waals surface area contributed by atoms with Gasteiger partial charge in [0.25, 0.3) is 0 Å². The molecule has 1 heterocycles. The van der Waals surface area contributed by atoms with Crippen LogP contribution in [0, 0.1) is 0 Å². The molecule has 0 aliphatic heterocycles. The number of nitrogens with one attached hydrogen (secondary N) is 2. The zero-order valence-corrected chi connectivity index (χ0v) is 18.5. The van der Waals surface area contributed by atoms with Crippen LogP contribution >= 0.6 is 0 Å². The molecule has 1 atom stereocenters. The molecule has 1 amide bonds. The lowest BCUT2D eigenvalue weighted by Gasteiger charge is -2.23. The second-order valence-corrected chi connectivity index (χ2v) is 14.2. The van der Waals surface area contributed by atoms with Crippen LogP contribution in [0.25, 0.3) is 10.9 Å². The number of benzene rings is 1. The number of hydrogen-bond donors (Lipinski definition) is 2. The lowest BCUT2D eigenvalue weighted by Crippen LogP contribution is -2.43. The smallest absolute Gasteiger partial charge is 0.416 e. The molecule has 0 bridgehead atoms. The van der Waals surface area contributed by atoms with Crippen molar-refractivity contribution in [3.05, 3.63) is 29.3 Å². The van der Waals surface area contributed by atoms with Crippen LogP contribution in [0.4, 0.5) is 18.0 Å². The molecule has 0 spiro atoms. The second kappa shape index (κ2) is 7.46. The Bertz CT molecular complexity index is 861. The summed E-state index contributed by atoms with van der Waals surface area (Å²) in [5.41, 5.74) is 0.235. The predicted octanol–water partition coefficient (Wildman–Crippen LogP) is 5.19. The highest BCUT2D eigenvalue weighted by Gasteiger charge is 2.32. The fraction of sp³-hybridized carbons (Fsp3) is 0.550. The van der Waals surface area contributed by atoms with E-state index in [-0.39, 0.29) is 6.04 Å². The van der Waals surface area contributed by atoms with Crippen molar-refractivity contribution in [2.24, 2.45) is 0 Å². The Kier molecular flexibility index (Phi) is 5.95. The molecule has 2 N–H and O–H groups in total. The van der Waals surface area contributed by atoms with Gasteiger partial charge >= 0.3 is 12.3 Å². The first-order valence-corrected chi connectivity index (χ1v) is 12.8. The summed E-state index contributed by atoms with van der Waals surface area (Å²) in [6.45, 7) is 13.6. The summed E-state index contributed by atoms with van der Waals surface area (Å²) in [5, 5.41) is 4.34. The number of halogens is 3. The summed E-state index contributed by atoms with van der Waals surface area (Å²) in [6, 6.07) is 3.49. The van der Waals surface area contributed by atoms with Gasteiger partial charge in [0.15, 0.2) is 0 Å². The molecular weight excluding hydrogens is 385 g/mol. The number of amides is 1. The van der Waals surface area contributed by atoms with E-state index in [1.54, 1.807) is 20.8 Å². The molecule has 0 radical (unpaired) electrons. The minimum atomic E-state index is -4.40. The quantitative estimate of drug-likeness (QED) is 0.677. The van der Waals surface area contributed by atoms with Crippen LogP contribution in [0.3, 0.4) is 0 Å². The molecule has 1 aromatic carbocycles. The van der Waals surface area contributed by atoms with Crippen LogP contribution in [-0.2, 0) is 17.3 Å². The van der Waals surface area contributed by atoms with E-state index in [9.17, 15) is 18.0 Å². The molecule has 2 aromatic rings. The predicted molar refractivity (Wildman–Crippen MR) is 109 cm³/mol. The highest BCUT2D eigenvalue weighted by molar-refractivity contribution is 6.88. The van der Waals surface area contributed by atoms with Crippen molar-refractivity contribution in [1.29, 1.82) is 0 Å². The fourth-order valence-corrected chi connectivity index (χ4v) is 4.79. The maximum atomic E-state index is 13.2.